The summed E-state index contributed by atoms with van der Waals surface area (Å²) in [5, 5.41) is -0.210. The van der Waals surface area contributed by atoms with Gasteiger partial charge in [0.2, 0.25) is 10.0 Å². The first-order valence-corrected chi connectivity index (χ1v) is 8.15. The van der Waals surface area contributed by atoms with E-state index in [-0.39, 0.29) is 23.5 Å². The van der Waals surface area contributed by atoms with E-state index < -0.39 is 20.7 Å². The van der Waals surface area contributed by atoms with Crippen LogP contribution in [0.25, 0.3) is 0 Å². The second-order valence-electron chi connectivity index (χ2n) is 5.08. The highest BCUT2D eigenvalue weighted by Crippen LogP contribution is 2.24. The molecule has 0 aliphatic carbocycles. The number of hydrogen-bond donors (Lipinski definition) is 1. The van der Waals surface area contributed by atoms with E-state index in [0.29, 0.717) is 6.42 Å². The number of nitrogens with two attached hydrogens (primary N) is 1. The number of hydrogen-bond acceptors (Lipinski definition) is 3. The van der Waals surface area contributed by atoms with Crippen LogP contribution in [0.4, 0.5) is 4.39 Å². The third-order valence-corrected chi connectivity index (χ3v) is 5.40. The van der Waals surface area contributed by atoms with Crippen LogP contribution in [0.2, 0.25) is 5.02 Å². The first-order valence-electron chi connectivity index (χ1n) is 6.34. The maximum Gasteiger partial charge on any atom is 0.245 e. The van der Waals surface area contributed by atoms with E-state index in [1.807, 2.05) is 13.8 Å². The van der Waals surface area contributed by atoms with Gasteiger partial charge in [0.25, 0.3) is 0 Å². The van der Waals surface area contributed by atoms with Crippen molar-refractivity contribution in [2.24, 2.45) is 11.7 Å². The first kappa shape index (κ1) is 17.4. The van der Waals surface area contributed by atoms with E-state index in [0.717, 1.165) is 4.31 Å². The molecule has 1 unspecified atom stereocenters. The molecule has 2 N–H and O–H groups in total. The zero-order chi connectivity index (χ0) is 15.5. The molecule has 0 amide bonds. The van der Waals surface area contributed by atoms with Crippen LogP contribution in [0, 0.1) is 11.7 Å². The lowest BCUT2D eigenvalue weighted by molar-refractivity contribution is 0.396. The molecule has 20 heavy (non-hydrogen) atoms. The van der Waals surface area contributed by atoms with Crippen molar-refractivity contribution in [3.63, 3.8) is 0 Å². The van der Waals surface area contributed by atoms with Gasteiger partial charge < -0.3 is 5.73 Å². The molecule has 1 aromatic rings. The molecule has 0 heterocycles. The lowest BCUT2D eigenvalue weighted by Gasteiger charge is -2.21. The summed E-state index contributed by atoms with van der Waals surface area (Å²) >= 11 is 5.62. The van der Waals surface area contributed by atoms with E-state index in [9.17, 15) is 12.8 Å². The Kier molecular flexibility index (Phi) is 5.94. The van der Waals surface area contributed by atoms with Crippen molar-refractivity contribution in [3.05, 3.63) is 29.0 Å². The fraction of sp³-hybridized carbons (Fsp3) is 0.538. The summed E-state index contributed by atoms with van der Waals surface area (Å²) < 4.78 is 39.5. The zero-order valence-electron chi connectivity index (χ0n) is 11.8. The molecule has 0 aliphatic heterocycles. The van der Waals surface area contributed by atoms with Crippen molar-refractivity contribution in [2.45, 2.75) is 31.2 Å². The predicted octanol–water partition coefficient (Wildman–Crippen LogP) is 2.47. The molecule has 7 heteroatoms. The lowest BCUT2D eigenvalue weighted by atomic mass is 10.0. The second kappa shape index (κ2) is 6.85. The van der Waals surface area contributed by atoms with Gasteiger partial charge in [-0.1, -0.05) is 31.5 Å². The van der Waals surface area contributed by atoms with Crippen molar-refractivity contribution in [3.8, 4) is 0 Å². The number of nitrogens with zero attached hydrogens (tertiary/aromatic N) is 1. The molecule has 114 valence electrons. The summed E-state index contributed by atoms with van der Waals surface area (Å²) in [5.41, 5.74) is 5.88. The maximum absolute atomic E-state index is 13.8. The van der Waals surface area contributed by atoms with Gasteiger partial charge in [-0.15, -0.1) is 0 Å². The minimum Gasteiger partial charge on any atom is -0.327 e. The Labute approximate surface area is 124 Å². The normalized spacial score (nSPS) is 14.0. The molecule has 1 aromatic carbocycles. The quantitative estimate of drug-likeness (QED) is 0.875. The van der Waals surface area contributed by atoms with Crippen LogP contribution in [-0.2, 0) is 10.0 Å². The molecule has 0 aliphatic rings. The topological polar surface area (TPSA) is 63.4 Å². The van der Waals surface area contributed by atoms with Gasteiger partial charge in [-0.05, 0) is 24.5 Å². The second-order valence-corrected chi connectivity index (χ2v) is 7.50. The van der Waals surface area contributed by atoms with E-state index in [4.69, 9.17) is 17.3 Å². The van der Waals surface area contributed by atoms with Crippen LogP contribution in [0.3, 0.4) is 0 Å². The average Bonchev–Trinajstić information content (AvgIpc) is 2.38. The lowest BCUT2D eigenvalue weighted by Crippen LogP contribution is -2.35. The number of halogens is 2. The zero-order valence-corrected chi connectivity index (χ0v) is 13.4. The molecule has 1 rings (SSSR count). The SMILES string of the molecule is CC(C)C(N)CCN(C)S(=O)(=O)c1cccc(Cl)c1F. The van der Waals surface area contributed by atoms with Crippen LogP contribution in [0.5, 0.6) is 0 Å². The fourth-order valence-corrected chi connectivity index (χ4v) is 3.13. The third-order valence-electron chi connectivity index (χ3n) is 3.24. The van der Waals surface area contributed by atoms with Crippen LogP contribution in [-0.4, -0.2) is 32.4 Å². The third kappa shape index (κ3) is 3.91. The van der Waals surface area contributed by atoms with Crippen LogP contribution in [0.1, 0.15) is 20.3 Å². The Bertz CT molecular complexity index is 563. The minimum absolute atomic E-state index is 0.100. The summed E-state index contributed by atoms with van der Waals surface area (Å²) in [6.45, 7) is 4.17. The first-order chi connectivity index (χ1) is 9.17. The highest BCUT2D eigenvalue weighted by Gasteiger charge is 2.26. The number of benzene rings is 1. The van der Waals surface area contributed by atoms with Crippen molar-refractivity contribution in [1.82, 2.24) is 4.31 Å². The summed E-state index contributed by atoms with van der Waals surface area (Å²) in [4.78, 5) is -0.411. The predicted molar refractivity (Wildman–Crippen MR) is 78.7 cm³/mol. The van der Waals surface area contributed by atoms with Gasteiger partial charge in [0.1, 0.15) is 4.90 Å². The Morgan fingerprint density at radius 2 is 2.00 bits per heavy atom. The van der Waals surface area contributed by atoms with E-state index in [1.165, 1.54) is 25.2 Å². The summed E-state index contributed by atoms with van der Waals surface area (Å²) in [6.07, 6.45) is 0.510. The molecule has 0 fully saturated rings. The van der Waals surface area contributed by atoms with Crippen molar-refractivity contribution >= 4 is 21.6 Å². The summed E-state index contributed by atoms with van der Waals surface area (Å²) in [7, 11) is -2.49. The highest BCUT2D eigenvalue weighted by atomic mass is 35.5. The molecular weight excluding hydrogens is 303 g/mol. The summed E-state index contributed by atoms with van der Waals surface area (Å²) in [5.74, 6) is -0.664. The number of sulfonamides is 1. The molecule has 1 atom stereocenters. The minimum atomic E-state index is -3.90. The monoisotopic (exact) mass is 322 g/mol. The van der Waals surface area contributed by atoms with Gasteiger partial charge in [-0.25, -0.2) is 17.1 Å². The van der Waals surface area contributed by atoms with Crippen LogP contribution < -0.4 is 5.73 Å². The standard InChI is InChI=1S/C13H20ClFN2O2S/c1-9(2)11(16)7-8-17(3)20(18,19)12-6-4-5-10(14)13(12)15/h4-6,9,11H,7-8,16H2,1-3H3. The van der Waals surface area contributed by atoms with E-state index in [2.05, 4.69) is 0 Å². The van der Waals surface area contributed by atoms with Gasteiger partial charge in [-0.2, -0.15) is 0 Å². The van der Waals surface area contributed by atoms with E-state index in [1.54, 1.807) is 0 Å². The molecule has 0 bridgehead atoms. The maximum atomic E-state index is 13.8. The molecule has 0 saturated heterocycles. The molecule has 0 saturated carbocycles. The molecule has 0 aromatic heterocycles. The van der Waals surface area contributed by atoms with Crippen molar-refractivity contribution < 1.29 is 12.8 Å². The Balaban J connectivity index is 2.91. The summed E-state index contributed by atoms with van der Waals surface area (Å²) in [6, 6.07) is 3.82. The Morgan fingerprint density at radius 1 is 1.40 bits per heavy atom. The number of rotatable bonds is 6. The molecule has 4 nitrogen and oxygen atoms in total. The fourth-order valence-electron chi connectivity index (χ4n) is 1.64. The average molecular weight is 323 g/mol. The molecular formula is C13H20ClFN2O2S. The Morgan fingerprint density at radius 3 is 2.55 bits per heavy atom. The molecule has 0 spiro atoms. The van der Waals surface area contributed by atoms with Crippen molar-refractivity contribution in [2.75, 3.05) is 13.6 Å². The van der Waals surface area contributed by atoms with Crippen molar-refractivity contribution in [1.29, 1.82) is 0 Å². The van der Waals surface area contributed by atoms with Gasteiger partial charge in [-0.3, -0.25) is 0 Å². The smallest absolute Gasteiger partial charge is 0.245 e. The van der Waals surface area contributed by atoms with Gasteiger partial charge in [0, 0.05) is 19.6 Å². The largest absolute Gasteiger partial charge is 0.327 e. The van der Waals surface area contributed by atoms with Gasteiger partial charge in [0.15, 0.2) is 5.82 Å². The van der Waals surface area contributed by atoms with Gasteiger partial charge >= 0.3 is 0 Å². The molecule has 0 radical (unpaired) electrons. The van der Waals surface area contributed by atoms with Gasteiger partial charge in [0.05, 0.1) is 5.02 Å². The highest BCUT2D eigenvalue weighted by molar-refractivity contribution is 7.89. The Hall–Kier alpha value is -0.690. The van der Waals surface area contributed by atoms with E-state index >= 15 is 0 Å². The van der Waals surface area contributed by atoms with Crippen LogP contribution in [0.15, 0.2) is 23.1 Å². The van der Waals surface area contributed by atoms with Crippen LogP contribution >= 0.6 is 11.6 Å².